The number of hydrogen-bond donors (Lipinski definition) is 0. The number of nitrogens with zero attached hydrogens (tertiary/aromatic N) is 3. The van der Waals surface area contributed by atoms with Gasteiger partial charge in [0.2, 0.25) is 10.0 Å². The van der Waals surface area contributed by atoms with E-state index in [2.05, 4.69) is 5.10 Å². The molecule has 8 heteroatoms. The van der Waals surface area contributed by atoms with Crippen LogP contribution in [0.5, 0.6) is 0 Å². The number of aromatic nitrogens is 2. The van der Waals surface area contributed by atoms with E-state index < -0.39 is 15.6 Å². The zero-order chi connectivity index (χ0) is 15.6. The topological polar surface area (TPSA) is 73.7 Å². The Balaban J connectivity index is 1.69. The molecule has 2 fully saturated rings. The molecule has 1 spiro atoms. The second-order valence-electron chi connectivity index (χ2n) is 5.98. The third-order valence-electron chi connectivity index (χ3n) is 4.36. The fourth-order valence-corrected chi connectivity index (χ4v) is 4.30. The molecule has 2 atom stereocenters. The minimum atomic E-state index is -3.22. The van der Waals surface area contributed by atoms with Gasteiger partial charge in [-0.25, -0.2) is 8.42 Å². The Morgan fingerprint density at radius 2 is 2.32 bits per heavy atom. The predicted molar refractivity (Wildman–Crippen MR) is 80.9 cm³/mol. The minimum Gasteiger partial charge on any atom is -0.377 e. The van der Waals surface area contributed by atoms with Gasteiger partial charge in [0.15, 0.2) is 0 Å². The highest BCUT2D eigenvalue weighted by atomic mass is 32.2. The first-order chi connectivity index (χ1) is 10.5. The average molecular weight is 329 g/mol. The number of sulfonamides is 1. The maximum Gasteiger partial charge on any atom is 0.214 e. The maximum atomic E-state index is 12.2. The standard InChI is InChI=1S/C14H23N3O4S/c1-2-22(18,19)17-8-9-20-12-14(11-17)5-4-13(21-14)10-16-7-3-6-15-16/h3,6-7,13H,2,4-5,8-12H2,1H3/t13-,14-/m0/s1. The molecule has 1 aromatic rings. The van der Waals surface area contributed by atoms with Crippen molar-refractivity contribution in [1.29, 1.82) is 0 Å². The third kappa shape index (κ3) is 3.34. The number of hydrogen-bond acceptors (Lipinski definition) is 5. The average Bonchev–Trinajstić information content (AvgIpc) is 3.07. The fourth-order valence-electron chi connectivity index (χ4n) is 3.15. The highest BCUT2D eigenvalue weighted by Crippen LogP contribution is 2.34. The summed E-state index contributed by atoms with van der Waals surface area (Å²) in [5.41, 5.74) is -0.517. The van der Waals surface area contributed by atoms with Gasteiger partial charge in [-0.15, -0.1) is 0 Å². The van der Waals surface area contributed by atoms with Crippen molar-refractivity contribution in [3.8, 4) is 0 Å². The molecular formula is C14H23N3O4S. The molecule has 0 unspecified atom stereocenters. The quantitative estimate of drug-likeness (QED) is 0.803. The summed E-state index contributed by atoms with van der Waals surface area (Å²) in [5.74, 6) is 0.111. The molecular weight excluding hydrogens is 306 g/mol. The van der Waals surface area contributed by atoms with Crippen molar-refractivity contribution in [2.45, 2.75) is 38.0 Å². The second kappa shape index (κ2) is 6.27. The van der Waals surface area contributed by atoms with E-state index in [1.54, 1.807) is 13.1 Å². The Labute approximate surface area is 131 Å². The SMILES string of the molecule is CCS(=O)(=O)N1CCOC[C@]2(CC[C@@H](Cn3cccn3)O2)C1. The van der Waals surface area contributed by atoms with Crippen molar-refractivity contribution >= 4 is 10.0 Å². The van der Waals surface area contributed by atoms with E-state index in [1.165, 1.54) is 4.31 Å². The zero-order valence-corrected chi connectivity index (χ0v) is 13.7. The lowest BCUT2D eigenvalue weighted by molar-refractivity contribution is -0.0860. The lowest BCUT2D eigenvalue weighted by Crippen LogP contribution is -2.47. The van der Waals surface area contributed by atoms with Gasteiger partial charge < -0.3 is 9.47 Å². The molecule has 3 heterocycles. The Bertz CT molecular complexity index is 589. The van der Waals surface area contributed by atoms with Crippen LogP contribution in [0.3, 0.4) is 0 Å². The Hall–Kier alpha value is -0.960. The molecule has 2 saturated heterocycles. The summed E-state index contributed by atoms with van der Waals surface area (Å²) in [5, 5.41) is 4.20. The van der Waals surface area contributed by atoms with Gasteiger partial charge in [-0.2, -0.15) is 9.40 Å². The van der Waals surface area contributed by atoms with Gasteiger partial charge in [0, 0.05) is 25.5 Å². The first-order valence-corrected chi connectivity index (χ1v) is 9.35. The highest BCUT2D eigenvalue weighted by molar-refractivity contribution is 7.89. The van der Waals surface area contributed by atoms with E-state index in [1.807, 2.05) is 16.9 Å². The van der Waals surface area contributed by atoms with Gasteiger partial charge in [-0.1, -0.05) is 0 Å². The molecule has 0 aromatic carbocycles. The molecule has 22 heavy (non-hydrogen) atoms. The van der Waals surface area contributed by atoms with Crippen LogP contribution in [0, 0.1) is 0 Å². The first-order valence-electron chi connectivity index (χ1n) is 7.74. The Morgan fingerprint density at radius 1 is 1.45 bits per heavy atom. The predicted octanol–water partition coefficient (Wildman–Crippen LogP) is 0.483. The molecule has 0 bridgehead atoms. The van der Waals surface area contributed by atoms with Crippen molar-refractivity contribution in [3.63, 3.8) is 0 Å². The molecule has 0 N–H and O–H groups in total. The van der Waals surface area contributed by atoms with E-state index in [4.69, 9.17) is 9.47 Å². The van der Waals surface area contributed by atoms with Crippen molar-refractivity contribution in [3.05, 3.63) is 18.5 Å². The van der Waals surface area contributed by atoms with Gasteiger partial charge in [0.25, 0.3) is 0 Å². The molecule has 0 aliphatic carbocycles. The minimum absolute atomic E-state index is 0.0489. The number of ether oxygens (including phenoxy) is 2. The normalized spacial score (nSPS) is 30.7. The molecule has 0 radical (unpaired) electrons. The van der Waals surface area contributed by atoms with Gasteiger partial charge in [-0.05, 0) is 25.8 Å². The lowest BCUT2D eigenvalue weighted by Gasteiger charge is -2.31. The summed E-state index contributed by atoms with van der Waals surface area (Å²) in [6.07, 6.45) is 5.41. The summed E-state index contributed by atoms with van der Waals surface area (Å²) >= 11 is 0. The molecule has 0 amide bonds. The molecule has 124 valence electrons. The van der Waals surface area contributed by atoms with E-state index in [-0.39, 0.29) is 11.9 Å². The largest absolute Gasteiger partial charge is 0.377 e. The van der Waals surface area contributed by atoms with Crippen LogP contribution in [-0.4, -0.2) is 66.3 Å². The van der Waals surface area contributed by atoms with Crippen LogP contribution >= 0.6 is 0 Å². The Kier molecular flexibility index (Phi) is 4.54. The molecule has 2 aliphatic rings. The van der Waals surface area contributed by atoms with Crippen LogP contribution in [0.25, 0.3) is 0 Å². The molecule has 7 nitrogen and oxygen atoms in total. The summed E-state index contributed by atoms with van der Waals surface area (Å²) in [7, 11) is -3.22. The third-order valence-corrected chi connectivity index (χ3v) is 6.19. The molecule has 2 aliphatic heterocycles. The van der Waals surface area contributed by atoms with Crippen LogP contribution in [0.4, 0.5) is 0 Å². The summed E-state index contributed by atoms with van der Waals surface area (Å²) in [6, 6.07) is 1.88. The van der Waals surface area contributed by atoms with Crippen LogP contribution in [0.2, 0.25) is 0 Å². The maximum absolute atomic E-state index is 12.2. The number of rotatable bonds is 4. The molecule has 3 rings (SSSR count). The second-order valence-corrected chi connectivity index (χ2v) is 8.23. The van der Waals surface area contributed by atoms with Crippen LogP contribution in [0.15, 0.2) is 18.5 Å². The van der Waals surface area contributed by atoms with E-state index in [9.17, 15) is 8.42 Å². The zero-order valence-electron chi connectivity index (χ0n) is 12.8. The summed E-state index contributed by atoms with van der Waals surface area (Å²) in [4.78, 5) is 0. The Morgan fingerprint density at radius 3 is 3.05 bits per heavy atom. The molecule has 0 saturated carbocycles. The van der Waals surface area contributed by atoms with Crippen molar-refractivity contribution < 1.29 is 17.9 Å². The van der Waals surface area contributed by atoms with Crippen molar-refractivity contribution in [2.75, 3.05) is 32.1 Å². The first kappa shape index (κ1) is 15.9. The van der Waals surface area contributed by atoms with Crippen LogP contribution in [0.1, 0.15) is 19.8 Å². The van der Waals surface area contributed by atoms with Crippen molar-refractivity contribution in [1.82, 2.24) is 14.1 Å². The fraction of sp³-hybridized carbons (Fsp3) is 0.786. The van der Waals surface area contributed by atoms with E-state index >= 15 is 0 Å². The van der Waals surface area contributed by atoms with Gasteiger partial charge >= 0.3 is 0 Å². The van der Waals surface area contributed by atoms with Gasteiger partial charge in [0.05, 0.1) is 31.6 Å². The summed E-state index contributed by atoms with van der Waals surface area (Å²) < 4.78 is 39.6. The smallest absolute Gasteiger partial charge is 0.214 e. The highest BCUT2D eigenvalue weighted by Gasteiger charge is 2.45. The summed E-state index contributed by atoms with van der Waals surface area (Å²) in [6.45, 7) is 4.04. The van der Waals surface area contributed by atoms with E-state index in [0.29, 0.717) is 32.8 Å². The van der Waals surface area contributed by atoms with Gasteiger partial charge in [-0.3, -0.25) is 4.68 Å². The van der Waals surface area contributed by atoms with E-state index in [0.717, 1.165) is 12.8 Å². The monoisotopic (exact) mass is 329 g/mol. The van der Waals surface area contributed by atoms with Crippen molar-refractivity contribution in [2.24, 2.45) is 0 Å². The lowest BCUT2D eigenvalue weighted by atomic mass is 10.0. The van der Waals surface area contributed by atoms with Crippen LogP contribution in [-0.2, 0) is 26.0 Å². The molecule has 1 aromatic heterocycles. The van der Waals surface area contributed by atoms with Gasteiger partial charge in [0.1, 0.15) is 5.60 Å². The van der Waals surface area contributed by atoms with Crippen LogP contribution < -0.4 is 0 Å².